The van der Waals surface area contributed by atoms with E-state index in [0.717, 1.165) is 17.9 Å². The Morgan fingerprint density at radius 2 is 2.20 bits per heavy atom. The van der Waals surface area contributed by atoms with Crippen LogP contribution in [0.2, 0.25) is 0 Å². The van der Waals surface area contributed by atoms with E-state index in [1.54, 1.807) is 0 Å². The molecule has 1 aliphatic heterocycles. The fourth-order valence-electron chi connectivity index (χ4n) is 1.94. The van der Waals surface area contributed by atoms with E-state index >= 15 is 0 Å². The first-order valence-corrected chi connectivity index (χ1v) is 7.40. The number of carboxylic acids is 1. The van der Waals surface area contributed by atoms with Crippen molar-refractivity contribution in [2.75, 3.05) is 23.4 Å². The van der Waals surface area contributed by atoms with E-state index in [1.165, 1.54) is 18.2 Å². The molecule has 1 aromatic rings. The summed E-state index contributed by atoms with van der Waals surface area (Å²) < 4.78 is 0. The van der Waals surface area contributed by atoms with Crippen LogP contribution in [0.1, 0.15) is 16.8 Å². The Morgan fingerprint density at radius 1 is 1.40 bits per heavy atom. The molecule has 0 spiro atoms. The van der Waals surface area contributed by atoms with Crippen molar-refractivity contribution >= 4 is 29.4 Å². The zero-order valence-corrected chi connectivity index (χ0v) is 11.6. The largest absolute Gasteiger partial charge is 0.507 e. The van der Waals surface area contributed by atoms with Crippen LogP contribution in [0.3, 0.4) is 0 Å². The average molecular weight is 296 g/mol. The Bertz CT molecular complexity index is 515. The Kier molecular flexibility index (Phi) is 4.73. The number of hydrogen-bond acceptors (Lipinski definition) is 4. The molecule has 7 heteroatoms. The Balaban J connectivity index is 1.90. The number of rotatable bonds is 4. The number of amides is 2. The van der Waals surface area contributed by atoms with E-state index in [9.17, 15) is 14.7 Å². The third-order valence-electron chi connectivity index (χ3n) is 3.06. The van der Waals surface area contributed by atoms with Gasteiger partial charge in [0.2, 0.25) is 0 Å². The maximum Gasteiger partial charge on any atom is 0.339 e. The fourth-order valence-corrected chi connectivity index (χ4v) is 3.23. The molecule has 2 rings (SSSR count). The molecule has 108 valence electrons. The number of carboxylic acid groups (broad SMARTS) is 1. The summed E-state index contributed by atoms with van der Waals surface area (Å²) in [5.41, 5.74) is 0.0912. The molecule has 1 aliphatic rings. The summed E-state index contributed by atoms with van der Waals surface area (Å²) in [6.07, 6.45) is 1.10. The van der Waals surface area contributed by atoms with Gasteiger partial charge in [-0.05, 0) is 42.0 Å². The number of urea groups is 1. The van der Waals surface area contributed by atoms with Crippen molar-refractivity contribution in [1.82, 2.24) is 5.32 Å². The van der Waals surface area contributed by atoms with Gasteiger partial charge in [-0.25, -0.2) is 9.59 Å². The normalized spacial score (nSPS) is 17.7. The van der Waals surface area contributed by atoms with Gasteiger partial charge >= 0.3 is 12.0 Å². The van der Waals surface area contributed by atoms with Gasteiger partial charge in [0.05, 0.1) is 0 Å². The Labute approximate surface area is 120 Å². The molecule has 6 nitrogen and oxygen atoms in total. The molecule has 1 unspecified atom stereocenters. The van der Waals surface area contributed by atoms with Gasteiger partial charge in [-0.1, -0.05) is 0 Å². The van der Waals surface area contributed by atoms with Crippen molar-refractivity contribution < 1.29 is 19.8 Å². The van der Waals surface area contributed by atoms with Gasteiger partial charge in [0.1, 0.15) is 11.3 Å². The van der Waals surface area contributed by atoms with Crippen LogP contribution in [0.5, 0.6) is 5.75 Å². The smallest absolute Gasteiger partial charge is 0.339 e. The molecule has 0 saturated carbocycles. The van der Waals surface area contributed by atoms with Crippen molar-refractivity contribution in [1.29, 1.82) is 0 Å². The SMILES string of the molecule is O=C(NCC1CCSC1)Nc1ccc(O)c(C(=O)O)c1. The summed E-state index contributed by atoms with van der Waals surface area (Å²) in [6, 6.07) is 3.55. The molecule has 1 atom stereocenters. The molecule has 0 aliphatic carbocycles. The fraction of sp³-hybridized carbons (Fsp3) is 0.385. The number of nitrogens with one attached hydrogen (secondary N) is 2. The molecule has 1 fully saturated rings. The number of anilines is 1. The van der Waals surface area contributed by atoms with Crippen molar-refractivity contribution in [2.45, 2.75) is 6.42 Å². The van der Waals surface area contributed by atoms with Crippen molar-refractivity contribution in [2.24, 2.45) is 5.92 Å². The maximum absolute atomic E-state index is 11.7. The topological polar surface area (TPSA) is 98.7 Å². The predicted octanol–water partition coefficient (Wildman–Crippen LogP) is 1.96. The van der Waals surface area contributed by atoms with Crippen molar-refractivity contribution in [3.8, 4) is 5.75 Å². The molecule has 0 bridgehead atoms. The van der Waals surface area contributed by atoms with Gasteiger partial charge in [0.25, 0.3) is 0 Å². The molecular weight excluding hydrogens is 280 g/mol. The van der Waals surface area contributed by atoms with Crippen LogP contribution in [0.15, 0.2) is 18.2 Å². The summed E-state index contributed by atoms with van der Waals surface area (Å²) in [4.78, 5) is 22.6. The molecule has 20 heavy (non-hydrogen) atoms. The second-order valence-corrected chi connectivity index (χ2v) is 5.75. The quantitative estimate of drug-likeness (QED) is 0.637. The first kappa shape index (κ1) is 14.5. The standard InChI is InChI=1S/C13H16N2O4S/c16-11-2-1-9(5-10(11)12(17)18)15-13(19)14-6-8-3-4-20-7-8/h1-2,5,8,16H,3-4,6-7H2,(H,17,18)(H2,14,15,19). The zero-order chi connectivity index (χ0) is 14.5. The minimum Gasteiger partial charge on any atom is -0.507 e. The van der Waals surface area contributed by atoms with Crippen molar-refractivity contribution in [3.63, 3.8) is 0 Å². The van der Waals surface area contributed by atoms with E-state index < -0.39 is 5.97 Å². The Morgan fingerprint density at radius 3 is 2.85 bits per heavy atom. The number of carbonyl (C=O) groups excluding carboxylic acids is 1. The average Bonchev–Trinajstić information content (AvgIpc) is 2.91. The van der Waals surface area contributed by atoms with Gasteiger partial charge in [0.15, 0.2) is 0 Å². The number of phenols is 1. The molecular formula is C13H16N2O4S. The van der Waals surface area contributed by atoms with Crippen LogP contribution < -0.4 is 10.6 Å². The highest BCUT2D eigenvalue weighted by molar-refractivity contribution is 7.99. The highest BCUT2D eigenvalue weighted by atomic mass is 32.2. The summed E-state index contributed by atoms with van der Waals surface area (Å²) >= 11 is 1.88. The lowest BCUT2D eigenvalue weighted by Crippen LogP contribution is -2.33. The van der Waals surface area contributed by atoms with Crippen LogP contribution >= 0.6 is 11.8 Å². The molecule has 0 radical (unpaired) electrons. The van der Waals surface area contributed by atoms with Crippen molar-refractivity contribution in [3.05, 3.63) is 23.8 Å². The summed E-state index contributed by atoms with van der Waals surface area (Å²) in [5.74, 6) is 1.12. The van der Waals surface area contributed by atoms with Crippen LogP contribution in [0.25, 0.3) is 0 Å². The number of aromatic carboxylic acids is 1. The minimum atomic E-state index is -1.24. The van der Waals surface area contributed by atoms with Gasteiger partial charge in [-0.3, -0.25) is 0 Å². The molecule has 1 saturated heterocycles. The monoisotopic (exact) mass is 296 g/mol. The first-order valence-electron chi connectivity index (χ1n) is 6.25. The number of thioether (sulfide) groups is 1. The molecule has 2 amide bonds. The second-order valence-electron chi connectivity index (χ2n) is 4.60. The lowest BCUT2D eigenvalue weighted by molar-refractivity contribution is 0.0693. The molecule has 1 heterocycles. The Hall–Kier alpha value is -1.89. The lowest BCUT2D eigenvalue weighted by atomic mass is 10.1. The van der Waals surface area contributed by atoms with E-state index in [-0.39, 0.29) is 17.3 Å². The molecule has 0 aromatic heterocycles. The summed E-state index contributed by atoms with van der Waals surface area (Å²) in [5, 5.41) is 23.6. The molecule has 1 aromatic carbocycles. The first-order chi connectivity index (χ1) is 9.56. The third-order valence-corrected chi connectivity index (χ3v) is 4.29. The van der Waals surface area contributed by atoms with Gasteiger partial charge in [-0.15, -0.1) is 0 Å². The third kappa shape index (κ3) is 3.80. The lowest BCUT2D eigenvalue weighted by Gasteiger charge is -2.11. The number of carbonyl (C=O) groups is 2. The van der Waals surface area contributed by atoms with Gasteiger partial charge in [0, 0.05) is 12.2 Å². The second kappa shape index (κ2) is 6.51. The highest BCUT2D eigenvalue weighted by Crippen LogP contribution is 2.23. The van der Waals surface area contributed by atoms with E-state index in [2.05, 4.69) is 10.6 Å². The van der Waals surface area contributed by atoms with E-state index in [0.29, 0.717) is 18.2 Å². The number of aromatic hydroxyl groups is 1. The van der Waals surface area contributed by atoms with Crippen LogP contribution in [0, 0.1) is 5.92 Å². The summed E-state index contributed by atoms with van der Waals surface area (Å²) in [6.45, 7) is 0.614. The van der Waals surface area contributed by atoms with E-state index in [1.807, 2.05) is 11.8 Å². The van der Waals surface area contributed by atoms with Crippen LogP contribution in [-0.2, 0) is 0 Å². The van der Waals surface area contributed by atoms with E-state index in [4.69, 9.17) is 5.11 Å². The van der Waals surface area contributed by atoms with Gasteiger partial charge < -0.3 is 20.8 Å². The highest BCUT2D eigenvalue weighted by Gasteiger charge is 2.16. The maximum atomic E-state index is 11.7. The number of hydrogen-bond donors (Lipinski definition) is 4. The minimum absolute atomic E-state index is 0.241. The summed E-state index contributed by atoms with van der Waals surface area (Å²) in [7, 11) is 0. The van der Waals surface area contributed by atoms with Crippen LogP contribution in [0.4, 0.5) is 10.5 Å². The molecule has 4 N–H and O–H groups in total. The number of benzene rings is 1. The zero-order valence-electron chi connectivity index (χ0n) is 10.8. The van der Waals surface area contributed by atoms with Gasteiger partial charge in [-0.2, -0.15) is 11.8 Å². The predicted molar refractivity (Wildman–Crippen MR) is 77.5 cm³/mol. The van der Waals surface area contributed by atoms with Crippen LogP contribution in [-0.4, -0.2) is 40.3 Å².